The van der Waals surface area contributed by atoms with Gasteiger partial charge in [-0.05, 0) is 24.6 Å². The Hall–Kier alpha value is -1.81. The van der Waals surface area contributed by atoms with Crippen molar-refractivity contribution in [3.05, 3.63) is 42.5 Å². The number of ether oxygens (including phenoxy) is 1. The number of hydrogen-bond donors (Lipinski definition) is 0. The van der Waals surface area contributed by atoms with Crippen molar-refractivity contribution in [3.63, 3.8) is 0 Å². The molecule has 0 aromatic heterocycles. The zero-order chi connectivity index (χ0) is 14.4. The Labute approximate surface area is 120 Å². The Morgan fingerprint density at radius 3 is 2.95 bits per heavy atom. The topological polar surface area (TPSA) is 32.8 Å². The summed E-state index contributed by atoms with van der Waals surface area (Å²) in [4.78, 5) is 16.8. The fraction of sp³-hybridized carbons (Fsp3) is 0.438. The van der Waals surface area contributed by atoms with Gasteiger partial charge in [-0.15, -0.1) is 6.58 Å². The Morgan fingerprint density at radius 2 is 2.20 bits per heavy atom. The maximum atomic E-state index is 12.5. The highest BCUT2D eigenvalue weighted by molar-refractivity contribution is 5.94. The van der Waals surface area contributed by atoms with E-state index in [1.165, 1.54) is 0 Å². The van der Waals surface area contributed by atoms with Gasteiger partial charge in [0.25, 0.3) is 5.91 Å². The van der Waals surface area contributed by atoms with E-state index >= 15 is 0 Å². The predicted molar refractivity (Wildman–Crippen MR) is 80.2 cm³/mol. The number of carbonyl (C=O) groups excluding carboxylic acids is 1. The predicted octanol–water partition coefficient (Wildman–Crippen LogP) is 2.03. The summed E-state index contributed by atoms with van der Waals surface area (Å²) in [6.45, 7) is 8.16. The van der Waals surface area contributed by atoms with Crippen LogP contribution in [0.1, 0.15) is 16.8 Å². The molecule has 0 spiro atoms. The van der Waals surface area contributed by atoms with Crippen LogP contribution >= 0.6 is 0 Å². The molecule has 20 heavy (non-hydrogen) atoms. The second-order valence-electron chi connectivity index (χ2n) is 4.97. The van der Waals surface area contributed by atoms with Crippen molar-refractivity contribution in [3.8, 4) is 5.75 Å². The van der Waals surface area contributed by atoms with E-state index in [1.807, 2.05) is 29.2 Å². The third kappa shape index (κ3) is 3.61. The van der Waals surface area contributed by atoms with E-state index in [4.69, 9.17) is 4.74 Å². The van der Waals surface area contributed by atoms with Gasteiger partial charge in [-0.1, -0.05) is 12.1 Å². The summed E-state index contributed by atoms with van der Waals surface area (Å²) < 4.78 is 5.18. The molecule has 1 aromatic rings. The lowest BCUT2D eigenvalue weighted by atomic mass is 10.2. The smallest absolute Gasteiger partial charge is 0.254 e. The first-order chi connectivity index (χ1) is 9.74. The van der Waals surface area contributed by atoms with E-state index < -0.39 is 0 Å². The van der Waals surface area contributed by atoms with Gasteiger partial charge in [0.15, 0.2) is 0 Å². The standard InChI is InChI=1S/C16H22N2O2/c1-3-8-17-9-5-10-18(12-11-17)16(19)14-6-4-7-15(13-14)20-2/h3-4,6-7,13H,1,5,8-12H2,2H3. The largest absolute Gasteiger partial charge is 0.497 e. The SMILES string of the molecule is C=CCN1CCCN(C(=O)c2cccc(OC)c2)CC1. The minimum atomic E-state index is 0.0874. The number of amides is 1. The molecule has 1 amide bonds. The summed E-state index contributed by atoms with van der Waals surface area (Å²) >= 11 is 0. The Bertz CT molecular complexity index is 473. The number of benzene rings is 1. The minimum Gasteiger partial charge on any atom is -0.497 e. The van der Waals surface area contributed by atoms with Crippen LogP contribution in [0, 0.1) is 0 Å². The lowest BCUT2D eigenvalue weighted by molar-refractivity contribution is 0.0762. The molecule has 108 valence electrons. The summed E-state index contributed by atoms with van der Waals surface area (Å²) in [5.41, 5.74) is 0.696. The van der Waals surface area contributed by atoms with Crippen molar-refractivity contribution in [2.45, 2.75) is 6.42 Å². The second kappa shape index (κ2) is 7.10. The zero-order valence-electron chi connectivity index (χ0n) is 12.0. The quantitative estimate of drug-likeness (QED) is 0.788. The van der Waals surface area contributed by atoms with Crippen LogP contribution in [0.2, 0.25) is 0 Å². The number of rotatable bonds is 4. The van der Waals surface area contributed by atoms with E-state index in [2.05, 4.69) is 11.5 Å². The molecule has 0 N–H and O–H groups in total. The molecule has 1 aliphatic heterocycles. The van der Waals surface area contributed by atoms with Gasteiger partial charge in [0, 0.05) is 38.3 Å². The third-order valence-corrected chi connectivity index (χ3v) is 3.58. The van der Waals surface area contributed by atoms with Crippen LogP contribution in [0.15, 0.2) is 36.9 Å². The summed E-state index contributed by atoms with van der Waals surface area (Å²) in [5, 5.41) is 0. The van der Waals surface area contributed by atoms with E-state index in [1.54, 1.807) is 13.2 Å². The highest BCUT2D eigenvalue weighted by Gasteiger charge is 2.19. The molecule has 0 atom stereocenters. The molecule has 0 unspecified atom stereocenters. The fourth-order valence-electron chi connectivity index (χ4n) is 2.48. The van der Waals surface area contributed by atoms with Crippen molar-refractivity contribution in [2.24, 2.45) is 0 Å². The number of carbonyl (C=O) groups is 1. The van der Waals surface area contributed by atoms with Crippen molar-refractivity contribution in [1.29, 1.82) is 0 Å². The average Bonchev–Trinajstić information content (AvgIpc) is 2.73. The molecule has 4 heteroatoms. The summed E-state index contributed by atoms with van der Waals surface area (Å²) in [7, 11) is 1.61. The first-order valence-electron chi connectivity index (χ1n) is 7.01. The molecular formula is C16H22N2O2. The van der Waals surface area contributed by atoms with Crippen molar-refractivity contribution >= 4 is 5.91 Å². The Kier molecular flexibility index (Phi) is 5.18. The molecule has 1 aliphatic rings. The molecule has 0 radical (unpaired) electrons. The zero-order valence-corrected chi connectivity index (χ0v) is 12.0. The number of nitrogens with zero attached hydrogens (tertiary/aromatic N) is 2. The Morgan fingerprint density at radius 1 is 1.35 bits per heavy atom. The molecule has 1 fully saturated rings. The van der Waals surface area contributed by atoms with Crippen LogP contribution in [0.25, 0.3) is 0 Å². The molecule has 2 rings (SSSR count). The molecule has 0 saturated carbocycles. The highest BCUT2D eigenvalue weighted by Crippen LogP contribution is 2.15. The third-order valence-electron chi connectivity index (χ3n) is 3.58. The molecule has 1 aromatic carbocycles. The van der Waals surface area contributed by atoms with Gasteiger partial charge in [-0.3, -0.25) is 9.69 Å². The van der Waals surface area contributed by atoms with Gasteiger partial charge >= 0.3 is 0 Å². The van der Waals surface area contributed by atoms with Gasteiger partial charge in [0.1, 0.15) is 5.75 Å². The van der Waals surface area contributed by atoms with Crippen LogP contribution in [0.3, 0.4) is 0 Å². The average molecular weight is 274 g/mol. The van der Waals surface area contributed by atoms with E-state index in [0.717, 1.165) is 44.9 Å². The normalized spacial score (nSPS) is 16.6. The fourth-order valence-corrected chi connectivity index (χ4v) is 2.48. The van der Waals surface area contributed by atoms with E-state index in [0.29, 0.717) is 5.56 Å². The highest BCUT2D eigenvalue weighted by atomic mass is 16.5. The monoisotopic (exact) mass is 274 g/mol. The first-order valence-corrected chi connectivity index (χ1v) is 7.01. The van der Waals surface area contributed by atoms with Crippen LogP contribution in [-0.4, -0.2) is 55.5 Å². The van der Waals surface area contributed by atoms with Crippen molar-refractivity contribution in [2.75, 3.05) is 39.8 Å². The molecule has 4 nitrogen and oxygen atoms in total. The summed E-state index contributed by atoms with van der Waals surface area (Å²) in [6.07, 6.45) is 2.92. The Balaban J connectivity index is 2.03. The van der Waals surface area contributed by atoms with Crippen LogP contribution in [0.5, 0.6) is 5.75 Å². The van der Waals surface area contributed by atoms with Gasteiger partial charge < -0.3 is 9.64 Å². The molecule has 1 saturated heterocycles. The molecule has 0 bridgehead atoms. The first kappa shape index (κ1) is 14.6. The minimum absolute atomic E-state index is 0.0874. The van der Waals surface area contributed by atoms with Crippen molar-refractivity contribution in [1.82, 2.24) is 9.80 Å². The number of methoxy groups -OCH3 is 1. The molecule has 1 heterocycles. The van der Waals surface area contributed by atoms with E-state index in [-0.39, 0.29) is 5.91 Å². The van der Waals surface area contributed by atoms with Gasteiger partial charge in [0.2, 0.25) is 0 Å². The van der Waals surface area contributed by atoms with Crippen LogP contribution in [-0.2, 0) is 0 Å². The lowest BCUT2D eigenvalue weighted by Crippen LogP contribution is -2.35. The van der Waals surface area contributed by atoms with Gasteiger partial charge in [-0.2, -0.15) is 0 Å². The number of hydrogen-bond acceptors (Lipinski definition) is 3. The maximum Gasteiger partial charge on any atom is 0.254 e. The molecular weight excluding hydrogens is 252 g/mol. The van der Waals surface area contributed by atoms with Crippen LogP contribution in [0.4, 0.5) is 0 Å². The lowest BCUT2D eigenvalue weighted by Gasteiger charge is -2.21. The molecule has 0 aliphatic carbocycles. The van der Waals surface area contributed by atoms with Gasteiger partial charge in [-0.25, -0.2) is 0 Å². The maximum absolute atomic E-state index is 12.5. The summed E-state index contributed by atoms with van der Waals surface area (Å²) in [5.74, 6) is 0.809. The van der Waals surface area contributed by atoms with Gasteiger partial charge in [0.05, 0.1) is 7.11 Å². The summed E-state index contributed by atoms with van der Waals surface area (Å²) in [6, 6.07) is 7.35. The second-order valence-corrected chi connectivity index (χ2v) is 4.97. The van der Waals surface area contributed by atoms with E-state index in [9.17, 15) is 4.79 Å². The van der Waals surface area contributed by atoms with Crippen LogP contribution < -0.4 is 4.74 Å². The van der Waals surface area contributed by atoms with Crippen molar-refractivity contribution < 1.29 is 9.53 Å².